The maximum absolute atomic E-state index is 11.7. The predicted molar refractivity (Wildman–Crippen MR) is 80.3 cm³/mol. The smallest absolute Gasteiger partial charge is 0.308 e. The summed E-state index contributed by atoms with van der Waals surface area (Å²) in [6.07, 6.45) is 9.32. The Bertz CT molecular complexity index is 301. The number of rotatable bonds is 5. The van der Waals surface area contributed by atoms with E-state index < -0.39 is 0 Å². The lowest BCUT2D eigenvalue weighted by Gasteiger charge is -2.37. The Labute approximate surface area is 122 Å². The van der Waals surface area contributed by atoms with Crippen LogP contribution >= 0.6 is 0 Å². The van der Waals surface area contributed by atoms with Gasteiger partial charge in [0.2, 0.25) is 0 Å². The molecule has 3 N–H and O–H groups in total. The second kappa shape index (κ2) is 7.99. The summed E-state index contributed by atoms with van der Waals surface area (Å²) in [5.74, 6) is 0.777. The highest BCUT2D eigenvalue weighted by Gasteiger charge is 2.30. The fraction of sp³-hybridized carbons (Fsp3) is 0.938. The first-order valence-corrected chi connectivity index (χ1v) is 8.37. The lowest BCUT2D eigenvalue weighted by Crippen LogP contribution is -2.48. The minimum Gasteiger partial charge on any atom is -0.466 e. The monoisotopic (exact) mass is 282 g/mol. The van der Waals surface area contributed by atoms with Gasteiger partial charge in [-0.2, -0.15) is 0 Å². The molecule has 2 aliphatic carbocycles. The number of nitrogens with two attached hydrogens (primary N) is 1. The average molecular weight is 282 g/mol. The van der Waals surface area contributed by atoms with Gasteiger partial charge in [0.1, 0.15) is 0 Å². The third-order valence-corrected chi connectivity index (χ3v) is 5.01. The Balaban J connectivity index is 1.74. The first-order chi connectivity index (χ1) is 9.74. The van der Waals surface area contributed by atoms with Crippen molar-refractivity contribution in [2.45, 2.75) is 70.4 Å². The Morgan fingerprint density at radius 1 is 1.15 bits per heavy atom. The van der Waals surface area contributed by atoms with Crippen molar-refractivity contribution in [1.82, 2.24) is 5.32 Å². The topological polar surface area (TPSA) is 64.3 Å². The van der Waals surface area contributed by atoms with Crippen LogP contribution in [0.4, 0.5) is 0 Å². The highest BCUT2D eigenvalue weighted by atomic mass is 16.5. The average Bonchev–Trinajstić information content (AvgIpc) is 2.49. The van der Waals surface area contributed by atoms with Gasteiger partial charge in [-0.05, 0) is 57.9 Å². The summed E-state index contributed by atoms with van der Waals surface area (Å²) in [5, 5.41) is 3.82. The first-order valence-electron chi connectivity index (χ1n) is 8.37. The summed E-state index contributed by atoms with van der Waals surface area (Å²) < 4.78 is 5.13. The zero-order chi connectivity index (χ0) is 14.4. The van der Waals surface area contributed by atoms with Crippen molar-refractivity contribution in [2.75, 3.05) is 13.2 Å². The number of hydrogen-bond acceptors (Lipinski definition) is 4. The zero-order valence-electron chi connectivity index (χ0n) is 12.8. The van der Waals surface area contributed by atoms with E-state index >= 15 is 0 Å². The Hall–Kier alpha value is -0.610. The van der Waals surface area contributed by atoms with Gasteiger partial charge in [0, 0.05) is 12.1 Å². The van der Waals surface area contributed by atoms with E-state index in [4.69, 9.17) is 10.5 Å². The third-order valence-electron chi connectivity index (χ3n) is 5.01. The van der Waals surface area contributed by atoms with Gasteiger partial charge < -0.3 is 15.8 Å². The van der Waals surface area contributed by atoms with Crippen molar-refractivity contribution in [2.24, 2.45) is 17.6 Å². The van der Waals surface area contributed by atoms with E-state index in [1.54, 1.807) is 0 Å². The number of esters is 1. The summed E-state index contributed by atoms with van der Waals surface area (Å²) in [5.41, 5.74) is 5.89. The molecule has 0 spiro atoms. The molecule has 2 atom stereocenters. The van der Waals surface area contributed by atoms with E-state index in [1.165, 1.54) is 25.7 Å². The summed E-state index contributed by atoms with van der Waals surface area (Å²) in [7, 11) is 0. The van der Waals surface area contributed by atoms with Gasteiger partial charge in [0.25, 0.3) is 0 Å². The molecule has 0 aromatic rings. The SMILES string of the molecule is CCOC(=O)C1CCC(NC2CCCCC2CN)CC1. The van der Waals surface area contributed by atoms with Crippen LogP contribution in [0.3, 0.4) is 0 Å². The van der Waals surface area contributed by atoms with Crippen LogP contribution < -0.4 is 11.1 Å². The number of ether oxygens (including phenoxy) is 1. The van der Waals surface area contributed by atoms with E-state index in [0.29, 0.717) is 24.6 Å². The fourth-order valence-corrected chi connectivity index (χ4v) is 3.77. The van der Waals surface area contributed by atoms with Gasteiger partial charge in [0.05, 0.1) is 12.5 Å². The van der Waals surface area contributed by atoms with E-state index in [9.17, 15) is 4.79 Å². The second-order valence-electron chi connectivity index (χ2n) is 6.35. The van der Waals surface area contributed by atoms with Crippen molar-refractivity contribution in [3.63, 3.8) is 0 Å². The molecule has 0 aromatic heterocycles. The van der Waals surface area contributed by atoms with Gasteiger partial charge in [-0.3, -0.25) is 4.79 Å². The number of hydrogen-bond donors (Lipinski definition) is 2. The Morgan fingerprint density at radius 3 is 2.50 bits per heavy atom. The van der Waals surface area contributed by atoms with Crippen LogP contribution in [-0.4, -0.2) is 31.2 Å². The van der Waals surface area contributed by atoms with Crippen LogP contribution in [-0.2, 0) is 9.53 Å². The first kappa shape index (κ1) is 15.8. The molecule has 2 saturated carbocycles. The second-order valence-corrected chi connectivity index (χ2v) is 6.35. The molecule has 2 aliphatic rings. The van der Waals surface area contributed by atoms with Gasteiger partial charge in [-0.1, -0.05) is 12.8 Å². The molecule has 20 heavy (non-hydrogen) atoms. The van der Waals surface area contributed by atoms with Crippen LogP contribution in [0.25, 0.3) is 0 Å². The molecule has 0 aromatic carbocycles. The van der Waals surface area contributed by atoms with E-state index in [0.717, 1.165) is 32.2 Å². The van der Waals surface area contributed by atoms with Crippen molar-refractivity contribution in [3.05, 3.63) is 0 Å². The Kier molecular flexibility index (Phi) is 6.30. The van der Waals surface area contributed by atoms with Gasteiger partial charge in [0.15, 0.2) is 0 Å². The van der Waals surface area contributed by atoms with E-state index in [1.807, 2.05) is 6.92 Å². The molecule has 4 heteroatoms. The summed E-state index contributed by atoms with van der Waals surface area (Å²) in [6, 6.07) is 1.16. The lowest BCUT2D eigenvalue weighted by atomic mass is 9.81. The summed E-state index contributed by atoms with van der Waals surface area (Å²) in [4.78, 5) is 11.7. The summed E-state index contributed by atoms with van der Waals surface area (Å²) in [6.45, 7) is 3.17. The Morgan fingerprint density at radius 2 is 1.85 bits per heavy atom. The molecule has 0 aliphatic heterocycles. The van der Waals surface area contributed by atoms with Crippen LogP contribution in [0.5, 0.6) is 0 Å². The van der Waals surface area contributed by atoms with Gasteiger partial charge in [-0.25, -0.2) is 0 Å². The van der Waals surface area contributed by atoms with Crippen molar-refractivity contribution in [1.29, 1.82) is 0 Å². The molecule has 2 unspecified atom stereocenters. The molecule has 2 rings (SSSR count). The minimum atomic E-state index is 0.00320. The van der Waals surface area contributed by atoms with Crippen LogP contribution in [0.15, 0.2) is 0 Å². The van der Waals surface area contributed by atoms with Crippen LogP contribution in [0, 0.1) is 11.8 Å². The minimum absolute atomic E-state index is 0.00320. The quantitative estimate of drug-likeness (QED) is 0.759. The largest absolute Gasteiger partial charge is 0.466 e. The fourth-order valence-electron chi connectivity index (χ4n) is 3.77. The van der Waals surface area contributed by atoms with Crippen molar-refractivity contribution < 1.29 is 9.53 Å². The lowest BCUT2D eigenvalue weighted by molar-refractivity contribution is -0.149. The van der Waals surface area contributed by atoms with E-state index in [-0.39, 0.29) is 11.9 Å². The van der Waals surface area contributed by atoms with Crippen molar-refractivity contribution in [3.8, 4) is 0 Å². The third kappa shape index (κ3) is 4.19. The molecule has 2 fully saturated rings. The molecule has 0 saturated heterocycles. The number of carbonyl (C=O) groups excluding carboxylic acids is 1. The molecule has 0 radical (unpaired) electrons. The number of carbonyl (C=O) groups is 1. The predicted octanol–water partition coefficient (Wildman–Crippen LogP) is 2.22. The molecule has 116 valence electrons. The maximum Gasteiger partial charge on any atom is 0.308 e. The number of nitrogens with one attached hydrogen (secondary N) is 1. The van der Waals surface area contributed by atoms with Crippen LogP contribution in [0.2, 0.25) is 0 Å². The normalized spacial score (nSPS) is 34.7. The van der Waals surface area contributed by atoms with Gasteiger partial charge >= 0.3 is 5.97 Å². The van der Waals surface area contributed by atoms with Gasteiger partial charge in [-0.15, -0.1) is 0 Å². The molecular weight excluding hydrogens is 252 g/mol. The molecule has 0 amide bonds. The van der Waals surface area contributed by atoms with Crippen molar-refractivity contribution >= 4 is 5.97 Å². The van der Waals surface area contributed by atoms with Crippen LogP contribution in [0.1, 0.15) is 58.3 Å². The highest BCUT2D eigenvalue weighted by molar-refractivity contribution is 5.72. The molecular formula is C16H30N2O2. The standard InChI is InChI=1S/C16H30N2O2/c1-2-20-16(19)12-7-9-14(10-8-12)18-15-6-4-3-5-13(15)11-17/h12-15,18H,2-11,17H2,1H3. The molecule has 0 bridgehead atoms. The highest BCUT2D eigenvalue weighted by Crippen LogP contribution is 2.29. The molecule has 0 heterocycles. The maximum atomic E-state index is 11.7. The zero-order valence-corrected chi connectivity index (χ0v) is 12.8. The van der Waals surface area contributed by atoms with E-state index in [2.05, 4.69) is 5.32 Å². The summed E-state index contributed by atoms with van der Waals surface area (Å²) >= 11 is 0. The molecule has 4 nitrogen and oxygen atoms in total.